The molecule has 0 aliphatic heterocycles. The zero-order valence-corrected chi connectivity index (χ0v) is 17.2. The van der Waals surface area contributed by atoms with Crippen molar-refractivity contribution in [1.29, 1.82) is 0 Å². The Morgan fingerprint density at radius 3 is 2.53 bits per heavy atom. The fraction of sp³-hybridized carbons (Fsp3) is 0.583. The van der Waals surface area contributed by atoms with Crippen molar-refractivity contribution in [2.24, 2.45) is 5.92 Å². The van der Waals surface area contributed by atoms with Crippen molar-refractivity contribution in [1.82, 2.24) is 0 Å². The van der Waals surface area contributed by atoms with Gasteiger partial charge in [0, 0.05) is 24.7 Å². The van der Waals surface area contributed by atoms with Gasteiger partial charge >= 0.3 is 5.97 Å². The third-order valence-corrected chi connectivity index (χ3v) is 6.72. The fourth-order valence-corrected chi connectivity index (χ4v) is 4.78. The van der Waals surface area contributed by atoms with Crippen LogP contribution in [-0.2, 0) is 4.79 Å². The van der Waals surface area contributed by atoms with Crippen LogP contribution >= 0.6 is 0 Å². The molecule has 6 nitrogen and oxygen atoms in total. The number of unbranched alkanes of at least 4 members (excludes halogenated alkanes) is 1. The van der Waals surface area contributed by atoms with E-state index in [1.54, 1.807) is 0 Å². The monoisotopic (exact) mass is 413 g/mol. The van der Waals surface area contributed by atoms with Crippen molar-refractivity contribution < 1.29 is 25.2 Å². The highest BCUT2D eigenvalue weighted by atomic mass is 16.4. The lowest BCUT2D eigenvalue weighted by Gasteiger charge is -2.40. The van der Waals surface area contributed by atoms with E-state index in [0.717, 1.165) is 12.0 Å². The fourth-order valence-electron chi connectivity index (χ4n) is 4.78. The number of benzene rings is 1. The van der Waals surface area contributed by atoms with Gasteiger partial charge in [0.15, 0.2) is 0 Å². The molecule has 3 unspecified atom stereocenters. The molecule has 2 fully saturated rings. The number of carboxylic acid groups (broad SMARTS) is 1. The molecule has 4 N–H and O–H groups in total. The molecule has 2 aliphatic rings. The van der Waals surface area contributed by atoms with E-state index in [9.17, 15) is 20.1 Å². The van der Waals surface area contributed by atoms with Gasteiger partial charge in [0.2, 0.25) is 6.04 Å². The van der Waals surface area contributed by atoms with Gasteiger partial charge in [-0.15, -0.1) is 0 Å². The molecule has 0 saturated heterocycles. The summed E-state index contributed by atoms with van der Waals surface area (Å²) in [4.78, 5) is 14.3. The quantitative estimate of drug-likeness (QED) is 0.281. The van der Waals surface area contributed by atoms with Gasteiger partial charge in [0.25, 0.3) is 0 Å². The third-order valence-electron chi connectivity index (χ3n) is 6.72. The van der Waals surface area contributed by atoms with Crippen LogP contribution in [0.1, 0.15) is 74.5 Å². The zero-order chi connectivity index (χ0) is 21.7. The van der Waals surface area contributed by atoms with Crippen molar-refractivity contribution in [2.45, 2.75) is 81.1 Å². The molecule has 0 heterocycles. The first kappa shape index (κ1) is 22.5. The number of carboxylic acids is 1. The van der Waals surface area contributed by atoms with Crippen LogP contribution in [0.25, 0.3) is 4.85 Å². The lowest BCUT2D eigenvalue weighted by molar-refractivity contribution is -0.137. The summed E-state index contributed by atoms with van der Waals surface area (Å²) in [7, 11) is 0. The molecule has 0 bridgehead atoms. The number of aliphatic hydroxyl groups is 3. The number of hydrogen-bond donors (Lipinski definition) is 4. The molecule has 3 rings (SSSR count). The van der Waals surface area contributed by atoms with Crippen LogP contribution < -0.4 is 0 Å². The highest BCUT2D eigenvalue weighted by molar-refractivity contribution is 5.66. The van der Waals surface area contributed by atoms with Crippen LogP contribution in [-0.4, -0.2) is 44.1 Å². The maximum Gasteiger partial charge on any atom is 0.303 e. The van der Waals surface area contributed by atoms with E-state index in [0.29, 0.717) is 44.1 Å². The molecule has 162 valence electrons. The van der Waals surface area contributed by atoms with E-state index in [1.807, 2.05) is 36.4 Å². The zero-order valence-electron chi connectivity index (χ0n) is 17.2. The maximum absolute atomic E-state index is 10.6. The van der Waals surface area contributed by atoms with Crippen LogP contribution in [0.4, 0.5) is 0 Å². The summed E-state index contributed by atoms with van der Waals surface area (Å²) in [5.41, 5.74) is 0.580. The molecule has 6 heteroatoms. The van der Waals surface area contributed by atoms with Gasteiger partial charge in [-0.1, -0.05) is 36.4 Å². The highest BCUT2D eigenvalue weighted by Crippen LogP contribution is 2.45. The first-order valence-corrected chi connectivity index (χ1v) is 10.8. The van der Waals surface area contributed by atoms with Gasteiger partial charge in [0.1, 0.15) is 6.10 Å². The Hall–Kier alpha value is -2.20. The van der Waals surface area contributed by atoms with Crippen molar-refractivity contribution in [2.75, 3.05) is 0 Å². The normalized spacial score (nSPS) is 28.7. The minimum Gasteiger partial charge on any atom is -0.481 e. The van der Waals surface area contributed by atoms with Crippen molar-refractivity contribution in [3.8, 4) is 0 Å². The molecule has 5 atom stereocenters. The van der Waals surface area contributed by atoms with Gasteiger partial charge in [0.05, 0.1) is 11.7 Å². The number of allylic oxidation sites excluding steroid dienone is 2. The second kappa shape index (κ2) is 9.74. The van der Waals surface area contributed by atoms with Crippen LogP contribution in [0.2, 0.25) is 0 Å². The lowest BCUT2D eigenvalue weighted by atomic mass is 9.74. The molecule has 0 radical (unpaired) electrons. The molecule has 2 aliphatic carbocycles. The number of rotatable bonds is 9. The first-order valence-electron chi connectivity index (χ1n) is 10.8. The molecule has 0 amide bonds. The average Bonchev–Trinajstić information content (AvgIpc) is 3.03. The number of carbonyl (C=O) groups is 1. The van der Waals surface area contributed by atoms with Gasteiger partial charge in [-0.25, -0.2) is 6.57 Å². The van der Waals surface area contributed by atoms with E-state index >= 15 is 0 Å². The molecule has 2 saturated carbocycles. The molecule has 0 aromatic heterocycles. The number of hydrogen-bond acceptors (Lipinski definition) is 4. The predicted octanol–water partition coefficient (Wildman–Crippen LogP) is 3.59. The van der Waals surface area contributed by atoms with Crippen LogP contribution in [0, 0.1) is 12.5 Å². The van der Waals surface area contributed by atoms with Crippen molar-refractivity contribution in [3.05, 3.63) is 59.0 Å². The van der Waals surface area contributed by atoms with E-state index in [2.05, 4.69) is 4.85 Å². The summed E-state index contributed by atoms with van der Waals surface area (Å²) in [6.07, 6.45) is 7.10. The number of aliphatic carboxylic acids is 1. The average molecular weight is 414 g/mol. The SMILES string of the molecule is [C-]#[N+][C@@H]1C[C@@H](O)C(c2ccc(C(O)C3(O)CCC3)cc2)C1C/C=C\CCCC(=O)O. The van der Waals surface area contributed by atoms with E-state index in [4.69, 9.17) is 11.7 Å². The maximum atomic E-state index is 10.6. The number of aliphatic hydroxyl groups excluding tert-OH is 2. The Morgan fingerprint density at radius 2 is 1.97 bits per heavy atom. The van der Waals surface area contributed by atoms with Crippen LogP contribution in [0.5, 0.6) is 0 Å². The largest absolute Gasteiger partial charge is 0.481 e. The standard InChI is InChI=1S/C24H31NO5/c1-25-19-15-20(26)22(18(19)7-4-2-3-5-8-21(27)28)16-9-11-17(12-10-16)23(29)24(30)13-6-14-24/h2,4,9-12,18-20,22-23,26,29-30H,3,5-8,13-15H2,(H,27,28)/b4-2-/t18?,19-,20-,22?,23?/m1/s1. The lowest BCUT2D eigenvalue weighted by Crippen LogP contribution is -2.43. The molecule has 1 aromatic carbocycles. The first-order chi connectivity index (χ1) is 14.4. The minimum atomic E-state index is -1.03. The Labute approximate surface area is 177 Å². The Morgan fingerprint density at radius 1 is 1.27 bits per heavy atom. The Balaban J connectivity index is 1.68. The summed E-state index contributed by atoms with van der Waals surface area (Å²) in [5, 5.41) is 40.2. The van der Waals surface area contributed by atoms with Gasteiger partial charge < -0.3 is 25.3 Å². The second-order valence-electron chi connectivity index (χ2n) is 8.71. The molecule has 1 aromatic rings. The van der Waals surface area contributed by atoms with Crippen molar-refractivity contribution in [3.63, 3.8) is 0 Å². The van der Waals surface area contributed by atoms with E-state index in [1.165, 1.54) is 0 Å². The molecule has 30 heavy (non-hydrogen) atoms. The van der Waals surface area contributed by atoms with Crippen LogP contribution in [0.3, 0.4) is 0 Å². The summed E-state index contributed by atoms with van der Waals surface area (Å²) < 4.78 is 0. The third kappa shape index (κ3) is 4.92. The topological polar surface area (TPSA) is 102 Å². The summed E-state index contributed by atoms with van der Waals surface area (Å²) in [5.74, 6) is -0.973. The Kier molecular flexibility index (Phi) is 7.30. The minimum absolute atomic E-state index is 0.0141. The predicted molar refractivity (Wildman–Crippen MR) is 113 cm³/mol. The molecule has 0 spiro atoms. The van der Waals surface area contributed by atoms with Gasteiger partial charge in [-0.3, -0.25) is 4.79 Å². The van der Waals surface area contributed by atoms with Gasteiger partial charge in [-0.2, -0.15) is 0 Å². The summed E-state index contributed by atoms with van der Waals surface area (Å²) in [6, 6.07) is 7.16. The second-order valence-corrected chi connectivity index (χ2v) is 8.71. The summed E-state index contributed by atoms with van der Waals surface area (Å²) >= 11 is 0. The highest BCUT2D eigenvalue weighted by Gasteiger charge is 2.47. The molecular formula is C24H31NO5. The van der Waals surface area contributed by atoms with Gasteiger partial charge in [-0.05, 0) is 49.7 Å². The summed E-state index contributed by atoms with van der Waals surface area (Å²) in [6.45, 7) is 7.52. The molecular weight excluding hydrogens is 382 g/mol. The van der Waals surface area contributed by atoms with E-state index in [-0.39, 0.29) is 24.3 Å². The van der Waals surface area contributed by atoms with Crippen LogP contribution in [0.15, 0.2) is 36.4 Å². The van der Waals surface area contributed by atoms with Crippen molar-refractivity contribution >= 4 is 5.97 Å². The van der Waals surface area contributed by atoms with E-state index < -0.39 is 23.8 Å². The number of nitrogens with zero attached hydrogens (tertiary/aromatic N) is 1. The smallest absolute Gasteiger partial charge is 0.303 e. The Bertz CT molecular complexity index is 793.